The lowest BCUT2D eigenvalue weighted by atomic mass is 10.1. The quantitative estimate of drug-likeness (QED) is 0.273. The van der Waals surface area contributed by atoms with Gasteiger partial charge in [-0.1, -0.05) is 55.2 Å². The molecular weight excluding hydrogens is 507 g/mol. The van der Waals surface area contributed by atoms with Crippen molar-refractivity contribution in [2.45, 2.75) is 38.1 Å². The molecule has 0 radical (unpaired) electrons. The second kappa shape index (κ2) is 11.4. The number of unbranched alkanes of at least 4 members (excludes halogenated alkanes) is 1. The Labute approximate surface area is 217 Å². The van der Waals surface area contributed by atoms with Crippen molar-refractivity contribution in [2.75, 3.05) is 33.0 Å². The topological polar surface area (TPSA) is 59.1 Å². The van der Waals surface area contributed by atoms with Crippen LogP contribution in [0.4, 0.5) is 0 Å². The second-order valence-electron chi connectivity index (χ2n) is 8.49. The van der Waals surface area contributed by atoms with Crippen LogP contribution in [0.5, 0.6) is 11.5 Å². The van der Waals surface area contributed by atoms with Gasteiger partial charge in [0, 0.05) is 34.6 Å². The van der Waals surface area contributed by atoms with Gasteiger partial charge in [-0.15, -0.1) is 0 Å². The monoisotopic (exact) mass is 536 g/mol. The van der Waals surface area contributed by atoms with Crippen LogP contribution < -0.4 is 9.47 Å². The summed E-state index contributed by atoms with van der Waals surface area (Å²) in [5.41, 5.74) is 0.673. The Morgan fingerprint density at radius 3 is 2.34 bits per heavy atom. The van der Waals surface area contributed by atoms with E-state index in [2.05, 4.69) is 18.7 Å². The van der Waals surface area contributed by atoms with Gasteiger partial charge in [-0.2, -0.15) is 4.31 Å². The fourth-order valence-corrected chi connectivity index (χ4v) is 6.20. The molecule has 0 unspecified atom stereocenters. The summed E-state index contributed by atoms with van der Waals surface area (Å²) in [6.45, 7) is 7.79. The molecule has 4 rings (SSSR count). The minimum absolute atomic E-state index is 0.127. The van der Waals surface area contributed by atoms with Gasteiger partial charge < -0.3 is 14.4 Å². The van der Waals surface area contributed by atoms with Crippen molar-refractivity contribution in [3.8, 4) is 11.5 Å². The second-order valence-corrected chi connectivity index (χ2v) is 11.2. The number of fused-ring (bicyclic) bond motifs is 2. The highest BCUT2D eigenvalue weighted by Gasteiger charge is 2.27. The van der Waals surface area contributed by atoms with Gasteiger partial charge in [0.05, 0.1) is 4.90 Å². The van der Waals surface area contributed by atoms with Gasteiger partial charge >= 0.3 is 0 Å². The summed E-state index contributed by atoms with van der Waals surface area (Å²) < 4.78 is 40.1. The predicted molar refractivity (Wildman–Crippen MR) is 141 cm³/mol. The minimum atomic E-state index is -3.80. The summed E-state index contributed by atoms with van der Waals surface area (Å²) in [6.07, 6.45) is 1.63. The first-order valence-electron chi connectivity index (χ1n) is 11.8. The zero-order chi connectivity index (χ0) is 25.0. The number of ether oxygens (including phenoxy) is 2. The first-order chi connectivity index (χ1) is 16.8. The Kier molecular flexibility index (Phi) is 8.45. The van der Waals surface area contributed by atoms with E-state index in [1.165, 1.54) is 4.31 Å². The molecule has 3 aromatic rings. The van der Waals surface area contributed by atoms with Gasteiger partial charge in [-0.3, -0.25) is 0 Å². The average molecular weight is 538 g/mol. The SMILES string of the molecule is CCN(CC)CCCCN(Cc1cc2c(cc1Cl)OCO2)S(=O)(=O)c1ccc2c(Cl)cccc2c1. The van der Waals surface area contributed by atoms with Gasteiger partial charge in [0.2, 0.25) is 16.8 Å². The lowest BCUT2D eigenvalue weighted by Crippen LogP contribution is -2.32. The molecule has 0 aliphatic carbocycles. The van der Waals surface area contributed by atoms with E-state index in [1.54, 1.807) is 36.4 Å². The third kappa shape index (κ3) is 5.87. The first-order valence-corrected chi connectivity index (χ1v) is 14.0. The van der Waals surface area contributed by atoms with Crippen molar-refractivity contribution in [1.29, 1.82) is 0 Å². The lowest BCUT2D eigenvalue weighted by Gasteiger charge is -2.24. The summed E-state index contributed by atoms with van der Waals surface area (Å²) in [5, 5.41) is 2.63. The number of hydrogen-bond donors (Lipinski definition) is 0. The van der Waals surface area contributed by atoms with Crippen molar-refractivity contribution in [3.63, 3.8) is 0 Å². The molecule has 0 saturated heterocycles. The predicted octanol–water partition coefficient (Wildman–Crippen LogP) is 6.19. The number of hydrogen-bond acceptors (Lipinski definition) is 5. The van der Waals surface area contributed by atoms with Crippen molar-refractivity contribution >= 4 is 44.0 Å². The highest BCUT2D eigenvalue weighted by molar-refractivity contribution is 7.89. The van der Waals surface area contributed by atoms with Crippen LogP contribution in [0, 0.1) is 0 Å². The molecule has 0 bridgehead atoms. The van der Waals surface area contributed by atoms with Crippen molar-refractivity contribution < 1.29 is 17.9 Å². The van der Waals surface area contributed by atoms with Crippen LogP contribution in [-0.4, -0.2) is 50.6 Å². The van der Waals surface area contributed by atoms with Crippen molar-refractivity contribution in [1.82, 2.24) is 9.21 Å². The molecule has 1 aliphatic rings. The van der Waals surface area contributed by atoms with Gasteiger partial charge in [0.25, 0.3) is 0 Å². The number of benzene rings is 3. The Hall–Kier alpha value is -2.03. The molecule has 3 aromatic carbocycles. The van der Waals surface area contributed by atoms with E-state index in [-0.39, 0.29) is 18.2 Å². The first kappa shape index (κ1) is 26.0. The van der Waals surface area contributed by atoms with Gasteiger partial charge in [-0.25, -0.2) is 8.42 Å². The lowest BCUT2D eigenvalue weighted by molar-refractivity contribution is 0.174. The minimum Gasteiger partial charge on any atom is -0.454 e. The van der Waals surface area contributed by atoms with Gasteiger partial charge in [0.15, 0.2) is 11.5 Å². The Morgan fingerprint density at radius 2 is 1.60 bits per heavy atom. The van der Waals surface area contributed by atoms with Crippen LogP contribution in [0.2, 0.25) is 10.0 Å². The number of nitrogens with zero attached hydrogens (tertiary/aromatic N) is 2. The molecule has 0 N–H and O–H groups in total. The Balaban J connectivity index is 1.62. The van der Waals surface area contributed by atoms with Crippen LogP contribution in [0.25, 0.3) is 10.8 Å². The molecule has 0 aromatic heterocycles. The molecule has 9 heteroatoms. The van der Waals surface area contributed by atoms with E-state index in [0.29, 0.717) is 33.7 Å². The standard InChI is InChI=1S/C26H30Cl2N2O4S/c1-3-29(4-2)12-5-6-13-30(17-20-15-25-26(16-24(20)28)34-18-33-25)35(31,32)21-10-11-22-19(14-21)8-7-9-23(22)27/h7-11,14-16H,3-6,12-13,17-18H2,1-2H3. The molecule has 1 aliphatic heterocycles. The summed E-state index contributed by atoms with van der Waals surface area (Å²) in [5.74, 6) is 1.14. The van der Waals surface area contributed by atoms with Crippen LogP contribution in [-0.2, 0) is 16.6 Å². The Bertz CT molecular complexity index is 1300. The zero-order valence-electron chi connectivity index (χ0n) is 20.0. The number of halogens is 2. The number of rotatable bonds is 11. The molecule has 188 valence electrons. The molecule has 0 spiro atoms. The van der Waals surface area contributed by atoms with Crippen LogP contribution >= 0.6 is 23.2 Å². The molecule has 0 fully saturated rings. The smallest absolute Gasteiger partial charge is 0.243 e. The molecule has 6 nitrogen and oxygen atoms in total. The van der Waals surface area contributed by atoms with E-state index < -0.39 is 10.0 Å². The normalized spacial score (nSPS) is 13.3. The summed E-state index contributed by atoms with van der Waals surface area (Å²) >= 11 is 12.8. The maximum atomic E-state index is 13.8. The highest BCUT2D eigenvalue weighted by atomic mass is 35.5. The van der Waals surface area contributed by atoms with E-state index in [0.717, 1.165) is 43.2 Å². The molecule has 0 amide bonds. The average Bonchev–Trinajstić information content (AvgIpc) is 3.30. The van der Waals surface area contributed by atoms with Gasteiger partial charge in [-0.05, 0) is 67.7 Å². The maximum absolute atomic E-state index is 13.8. The molecule has 0 atom stereocenters. The van der Waals surface area contributed by atoms with Crippen LogP contribution in [0.15, 0.2) is 53.4 Å². The van der Waals surface area contributed by atoms with E-state index in [9.17, 15) is 8.42 Å². The summed E-state index contributed by atoms with van der Waals surface area (Å²) in [7, 11) is -3.80. The Morgan fingerprint density at radius 1 is 0.886 bits per heavy atom. The summed E-state index contributed by atoms with van der Waals surface area (Å²) in [6, 6.07) is 14.0. The van der Waals surface area contributed by atoms with Crippen LogP contribution in [0.1, 0.15) is 32.3 Å². The third-order valence-electron chi connectivity index (χ3n) is 6.35. The molecule has 0 saturated carbocycles. The fraction of sp³-hybridized carbons (Fsp3) is 0.385. The molecular formula is C26H30Cl2N2O4S. The van der Waals surface area contributed by atoms with Crippen molar-refractivity contribution in [2.24, 2.45) is 0 Å². The van der Waals surface area contributed by atoms with Crippen LogP contribution in [0.3, 0.4) is 0 Å². The highest BCUT2D eigenvalue weighted by Crippen LogP contribution is 2.38. The fourth-order valence-electron chi connectivity index (χ4n) is 4.25. The largest absolute Gasteiger partial charge is 0.454 e. The zero-order valence-corrected chi connectivity index (χ0v) is 22.3. The van der Waals surface area contributed by atoms with E-state index in [1.807, 2.05) is 12.1 Å². The van der Waals surface area contributed by atoms with E-state index in [4.69, 9.17) is 32.7 Å². The number of sulfonamides is 1. The summed E-state index contributed by atoms with van der Waals surface area (Å²) in [4.78, 5) is 2.56. The molecule has 35 heavy (non-hydrogen) atoms. The third-order valence-corrected chi connectivity index (χ3v) is 8.87. The van der Waals surface area contributed by atoms with Crippen molar-refractivity contribution in [3.05, 3.63) is 64.1 Å². The van der Waals surface area contributed by atoms with Gasteiger partial charge in [0.1, 0.15) is 0 Å². The maximum Gasteiger partial charge on any atom is 0.243 e. The molecule has 1 heterocycles. The van der Waals surface area contributed by atoms with E-state index >= 15 is 0 Å².